The number of nitrogens with one attached hydrogen (secondary N) is 2. The van der Waals surface area contributed by atoms with Gasteiger partial charge in [-0.25, -0.2) is 29.4 Å². The predicted octanol–water partition coefficient (Wildman–Crippen LogP) is 3.23. The number of aryl methyl sites for hydroxylation is 1. The fourth-order valence-corrected chi connectivity index (χ4v) is 3.53. The van der Waals surface area contributed by atoms with E-state index in [9.17, 15) is 4.79 Å². The number of anilines is 1. The third-order valence-electron chi connectivity index (χ3n) is 4.14. The molecule has 9 nitrogen and oxygen atoms in total. The zero-order valence-electron chi connectivity index (χ0n) is 16.1. The lowest BCUT2D eigenvalue weighted by molar-refractivity contribution is 0.251. The van der Waals surface area contributed by atoms with E-state index in [0.717, 1.165) is 21.7 Å². The van der Waals surface area contributed by atoms with E-state index >= 15 is 0 Å². The number of amides is 2. The van der Waals surface area contributed by atoms with E-state index in [0.29, 0.717) is 17.5 Å². The standard InChI is InChI=1S/C20H18N8OS/c1-14-10-16(30-20-23-8-3-9-24-20)5-6-17(14)27-19(29)25-11-15-4-2-7-22-18(15)28-13-21-12-26-28/h2-10,12-13H,11H2,1H3,(H2,25,27,29). The molecule has 0 atom stereocenters. The summed E-state index contributed by atoms with van der Waals surface area (Å²) >= 11 is 1.47. The Balaban J connectivity index is 1.38. The lowest BCUT2D eigenvalue weighted by Crippen LogP contribution is -2.29. The molecule has 0 fully saturated rings. The lowest BCUT2D eigenvalue weighted by Gasteiger charge is -2.12. The van der Waals surface area contributed by atoms with Gasteiger partial charge in [0.15, 0.2) is 11.0 Å². The zero-order valence-corrected chi connectivity index (χ0v) is 16.9. The first kappa shape index (κ1) is 19.5. The van der Waals surface area contributed by atoms with E-state index in [4.69, 9.17) is 0 Å². The van der Waals surface area contributed by atoms with Crippen LogP contribution < -0.4 is 10.6 Å². The molecule has 0 bridgehead atoms. The number of nitrogens with zero attached hydrogens (tertiary/aromatic N) is 6. The van der Waals surface area contributed by atoms with Crippen LogP contribution in [0.4, 0.5) is 10.5 Å². The molecule has 150 valence electrons. The number of benzene rings is 1. The topological polar surface area (TPSA) is 111 Å². The lowest BCUT2D eigenvalue weighted by atomic mass is 10.2. The number of urea groups is 1. The van der Waals surface area contributed by atoms with E-state index in [1.54, 1.807) is 35.7 Å². The minimum absolute atomic E-state index is 0.299. The highest BCUT2D eigenvalue weighted by atomic mass is 32.2. The molecule has 0 aliphatic rings. The van der Waals surface area contributed by atoms with Crippen LogP contribution in [0.25, 0.3) is 5.82 Å². The number of carbonyl (C=O) groups excluding carboxylic acids is 1. The van der Waals surface area contributed by atoms with Gasteiger partial charge in [0.25, 0.3) is 0 Å². The Hall–Kier alpha value is -3.79. The molecule has 2 amide bonds. The van der Waals surface area contributed by atoms with Crippen LogP contribution in [0, 0.1) is 6.92 Å². The minimum Gasteiger partial charge on any atom is -0.334 e. The highest BCUT2D eigenvalue weighted by Gasteiger charge is 2.10. The number of pyridine rings is 1. The molecule has 3 aromatic heterocycles. The van der Waals surface area contributed by atoms with Gasteiger partial charge in [-0.15, -0.1) is 0 Å². The van der Waals surface area contributed by atoms with Crippen LogP contribution in [-0.4, -0.2) is 35.7 Å². The summed E-state index contributed by atoms with van der Waals surface area (Å²) in [6.45, 7) is 2.24. The summed E-state index contributed by atoms with van der Waals surface area (Å²) in [6, 6.07) is 10.9. The molecule has 0 saturated carbocycles. The third kappa shape index (κ3) is 4.78. The van der Waals surface area contributed by atoms with Crippen molar-refractivity contribution in [2.75, 3.05) is 5.32 Å². The van der Waals surface area contributed by atoms with Crippen molar-refractivity contribution < 1.29 is 4.79 Å². The number of aromatic nitrogens is 6. The van der Waals surface area contributed by atoms with Crippen molar-refractivity contribution in [3.05, 3.63) is 78.8 Å². The molecule has 30 heavy (non-hydrogen) atoms. The number of carbonyl (C=O) groups is 1. The molecule has 0 radical (unpaired) electrons. The van der Waals surface area contributed by atoms with Gasteiger partial charge >= 0.3 is 6.03 Å². The van der Waals surface area contributed by atoms with Gasteiger partial charge in [0.1, 0.15) is 12.7 Å². The molecular formula is C20H18N8OS. The van der Waals surface area contributed by atoms with Crippen molar-refractivity contribution in [1.29, 1.82) is 0 Å². The Kier molecular flexibility index (Phi) is 5.95. The van der Waals surface area contributed by atoms with Crippen molar-refractivity contribution in [3.8, 4) is 5.82 Å². The van der Waals surface area contributed by atoms with Gasteiger partial charge in [-0.3, -0.25) is 0 Å². The van der Waals surface area contributed by atoms with Crippen LogP contribution in [0.1, 0.15) is 11.1 Å². The summed E-state index contributed by atoms with van der Waals surface area (Å²) in [7, 11) is 0. The second kappa shape index (κ2) is 9.14. The molecule has 3 heterocycles. The van der Waals surface area contributed by atoms with Crippen LogP contribution in [0.3, 0.4) is 0 Å². The summed E-state index contributed by atoms with van der Waals surface area (Å²) in [5, 5.41) is 10.5. The Morgan fingerprint density at radius 1 is 1.10 bits per heavy atom. The average Bonchev–Trinajstić information content (AvgIpc) is 3.30. The Bertz CT molecular complexity index is 1130. The van der Waals surface area contributed by atoms with E-state index < -0.39 is 0 Å². The molecule has 4 rings (SSSR count). The molecular weight excluding hydrogens is 400 g/mol. The van der Waals surface area contributed by atoms with Crippen LogP contribution in [0.15, 0.2) is 77.7 Å². The SMILES string of the molecule is Cc1cc(Sc2ncccn2)ccc1NC(=O)NCc1cccnc1-n1cncn1. The highest BCUT2D eigenvalue weighted by molar-refractivity contribution is 7.99. The Labute approximate surface area is 177 Å². The summed E-state index contributed by atoms with van der Waals surface area (Å²) in [5.74, 6) is 0.621. The molecule has 2 N–H and O–H groups in total. The maximum Gasteiger partial charge on any atom is 0.319 e. The van der Waals surface area contributed by atoms with Crippen LogP contribution in [0.5, 0.6) is 0 Å². The van der Waals surface area contributed by atoms with E-state index in [2.05, 4.69) is 35.7 Å². The maximum atomic E-state index is 12.4. The molecule has 0 saturated heterocycles. The Morgan fingerprint density at radius 2 is 1.93 bits per heavy atom. The van der Waals surface area contributed by atoms with Crippen molar-refractivity contribution in [3.63, 3.8) is 0 Å². The Morgan fingerprint density at radius 3 is 2.70 bits per heavy atom. The largest absolute Gasteiger partial charge is 0.334 e. The second-order valence-electron chi connectivity index (χ2n) is 6.24. The number of rotatable bonds is 6. The van der Waals surface area contributed by atoms with Gasteiger partial charge in [-0.1, -0.05) is 6.07 Å². The quantitative estimate of drug-likeness (QED) is 0.463. The third-order valence-corrected chi connectivity index (χ3v) is 5.02. The van der Waals surface area contributed by atoms with E-state index in [1.807, 2.05) is 37.3 Å². The monoisotopic (exact) mass is 418 g/mol. The van der Waals surface area contributed by atoms with Crippen molar-refractivity contribution in [2.45, 2.75) is 23.5 Å². The van der Waals surface area contributed by atoms with E-state index in [-0.39, 0.29) is 6.03 Å². The van der Waals surface area contributed by atoms with Crippen molar-refractivity contribution in [1.82, 2.24) is 35.0 Å². The molecule has 1 aromatic carbocycles. The zero-order chi connectivity index (χ0) is 20.8. The van der Waals surface area contributed by atoms with Gasteiger partial charge in [-0.05, 0) is 54.6 Å². The van der Waals surface area contributed by atoms with Gasteiger partial charge in [-0.2, -0.15) is 5.10 Å². The predicted molar refractivity (Wildman–Crippen MR) is 112 cm³/mol. The summed E-state index contributed by atoms with van der Waals surface area (Å²) in [4.78, 5) is 30.1. The summed E-state index contributed by atoms with van der Waals surface area (Å²) in [6.07, 6.45) is 8.09. The van der Waals surface area contributed by atoms with Gasteiger partial charge < -0.3 is 10.6 Å². The highest BCUT2D eigenvalue weighted by Crippen LogP contribution is 2.27. The van der Waals surface area contributed by atoms with Crippen molar-refractivity contribution in [2.24, 2.45) is 0 Å². The average molecular weight is 418 g/mol. The number of hydrogen-bond donors (Lipinski definition) is 2. The minimum atomic E-state index is -0.307. The molecule has 0 aliphatic carbocycles. The normalized spacial score (nSPS) is 10.6. The first-order chi connectivity index (χ1) is 14.7. The van der Waals surface area contributed by atoms with Crippen LogP contribution in [-0.2, 0) is 6.54 Å². The number of hydrogen-bond acceptors (Lipinski definition) is 7. The molecule has 4 aromatic rings. The molecule has 10 heteroatoms. The van der Waals surface area contributed by atoms with Gasteiger partial charge in [0.2, 0.25) is 0 Å². The molecule has 0 spiro atoms. The van der Waals surface area contributed by atoms with E-state index in [1.165, 1.54) is 18.1 Å². The van der Waals surface area contributed by atoms with Crippen LogP contribution in [0.2, 0.25) is 0 Å². The summed E-state index contributed by atoms with van der Waals surface area (Å²) in [5.41, 5.74) is 2.49. The van der Waals surface area contributed by atoms with Crippen molar-refractivity contribution >= 4 is 23.5 Å². The van der Waals surface area contributed by atoms with Gasteiger partial charge in [0, 0.05) is 41.3 Å². The smallest absolute Gasteiger partial charge is 0.319 e. The fraction of sp³-hybridized carbons (Fsp3) is 0.100. The fourth-order valence-electron chi connectivity index (χ4n) is 2.72. The van der Waals surface area contributed by atoms with Gasteiger partial charge in [0.05, 0.1) is 0 Å². The summed E-state index contributed by atoms with van der Waals surface area (Å²) < 4.78 is 1.56. The van der Waals surface area contributed by atoms with Crippen LogP contribution >= 0.6 is 11.8 Å². The molecule has 0 unspecified atom stereocenters. The second-order valence-corrected chi connectivity index (χ2v) is 7.28. The first-order valence-corrected chi connectivity index (χ1v) is 9.90. The molecule has 0 aliphatic heterocycles. The maximum absolute atomic E-state index is 12.4. The first-order valence-electron chi connectivity index (χ1n) is 9.08.